The summed E-state index contributed by atoms with van der Waals surface area (Å²) in [6.45, 7) is 14.9. The molecule has 5 fully saturated rings. The number of piperidine rings is 2. The van der Waals surface area contributed by atoms with Crippen molar-refractivity contribution in [1.82, 2.24) is 20.0 Å². The molecule has 0 aromatic heterocycles. The van der Waals surface area contributed by atoms with E-state index in [2.05, 4.69) is 31.8 Å². The molecule has 59 heavy (non-hydrogen) atoms. The van der Waals surface area contributed by atoms with Gasteiger partial charge in [0.2, 0.25) is 17.5 Å². The van der Waals surface area contributed by atoms with Gasteiger partial charge < -0.3 is 19.6 Å². The van der Waals surface area contributed by atoms with Gasteiger partial charge >= 0.3 is 0 Å². The van der Waals surface area contributed by atoms with Gasteiger partial charge in [0.1, 0.15) is 17.7 Å². The Kier molecular flexibility index (Phi) is 9.83. The number of anilines is 3. The lowest BCUT2D eigenvalue weighted by Gasteiger charge is -2.49. The first kappa shape index (κ1) is 38.9. The predicted molar refractivity (Wildman–Crippen MR) is 216 cm³/mol. The fourth-order valence-electron chi connectivity index (χ4n) is 9.97. The maximum absolute atomic E-state index is 15.6. The molecule has 2 atom stereocenters. The Morgan fingerprint density at radius 1 is 0.864 bits per heavy atom. The number of hydrogen-bond donors (Lipinski definition) is 1. The van der Waals surface area contributed by atoms with Crippen LogP contribution >= 0.6 is 11.6 Å². The van der Waals surface area contributed by atoms with Crippen molar-refractivity contribution < 1.29 is 32.8 Å². The minimum Gasteiger partial charge on any atom is -0.371 e. The van der Waals surface area contributed by atoms with Crippen LogP contribution in [0.15, 0.2) is 48.5 Å². The van der Waals surface area contributed by atoms with Crippen LogP contribution in [0, 0.1) is 23.6 Å². The maximum atomic E-state index is 15.6. The number of nitrogens with zero attached hydrogens (tertiary/aromatic N) is 7. The van der Waals surface area contributed by atoms with Crippen molar-refractivity contribution in [3.63, 3.8) is 0 Å². The summed E-state index contributed by atoms with van der Waals surface area (Å²) in [5.74, 6) is -4.19. The van der Waals surface area contributed by atoms with E-state index in [1.54, 1.807) is 21.9 Å². The summed E-state index contributed by atoms with van der Waals surface area (Å²) in [6.07, 6.45) is 2.97. The minimum atomic E-state index is -1.13. The second-order valence-corrected chi connectivity index (χ2v) is 17.2. The fourth-order valence-corrected chi connectivity index (χ4v) is 10.2. The molecule has 6 aliphatic heterocycles. The van der Waals surface area contributed by atoms with Crippen LogP contribution in [-0.2, 0) is 9.59 Å². The number of carbonyl (C=O) groups is 5. The zero-order valence-electron chi connectivity index (χ0n) is 32.6. The van der Waals surface area contributed by atoms with E-state index in [0.717, 1.165) is 61.2 Å². The summed E-state index contributed by atoms with van der Waals surface area (Å²) in [4.78, 5) is 78.5. The molecule has 5 saturated heterocycles. The SMILES string of the molecule is [C-]#[N+]c1ccc(N2CC3(CCN(c4ccc(C(=O)N5CCN(C6CN(c7cc8c(cc7F)C(=O)N(C7CCC(=O)NC7=O)C8=O)C6)CC5)c(F)c4)CC3)C[C@@H]2C)cc1Cl. The van der Waals surface area contributed by atoms with Crippen LogP contribution in [0.5, 0.6) is 0 Å². The van der Waals surface area contributed by atoms with E-state index in [0.29, 0.717) is 56.0 Å². The molecule has 306 valence electrons. The van der Waals surface area contributed by atoms with Crippen molar-refractivity contribution in [2.24, 2.45) is 5.41 Å². The molecule has 0 saturated carbocycles. The highest BCUT2D eigenvalue weighted by Gasteiger charge is 2.47. The first-order chi connectivity index (χ1) is 28.3. The Morgan fingerprint density at radius 2 is 1.56 bits per heavy atom. The number of piperazine rings is 1. The number of fused-ring (bicyclic) bond motifs is 1. The van der Waals surface area contributed by atoms with E-state index < -0.39 is 41.3 Å². The molecule has 0 radical (unpaired) electrons. The van der Waals surface area contributed by atoms with Crippen molar-refractivity contribution in [2.75, 3.05) is 73.6 Å². The van der Waals surface area contributed by atoms with Gasteiger partial charge in [-0.15, -0.1) is 0 Å². The van der Waals surface area contributed by atoms with Gasteiger partial charge in [-0.3, -0.25) is 39.1 Å². The number of halogens is 3. The molecule has 1 N–H and O–H groups in total. The summed E-state index contributed by atoms with van der Waals surface area (Å²) in [7, 11) is 0. The predicted octanol–water partition coefficient (Wildman–Crippen LogP) is 5.10. The normalized spacial score (nSPS) is 23.5. The molecule has 6 heterocycles. The zero-order chi connectivity index (χ0) is 41.3. The van der Waals surface area contributed by atoms with E-state index in [-0.39, 0.29) is 52.6 Å². The van der Waals surface area contributed by atoms with E-state index in [1.807, 2.05) is 18.2 Å². The Hall–Kier alpha value is -5.59. The van der Waals surface area contributed by atoms with Gasteiger partial charge in [0, 0.05) is 93.8 Å². The quantitative estimate of drug-likeness (QED) is 0.268. The number of imide groups is 2. The van der Waals surface area contributed by atoms with Crippen molar-refractivity contribution >= 4 is 63.9 Å². The molecular formula is C43H43ClF2N8O5. The number of benzene rings is 3. The van der Waals surface area contributed by atoms with Crippen LogP contribution < -0.4 is 20.0 Å². The molecule has 3 aromatic rings. The lowest BCUT2D eigenvalue weighted by molar-refractivity contribution is -0.136. The van der Waals surface area contributed by atoms with Gasteiger partial charge in [0.05, 0.1) is 28.9 Å². The average molecular weight is 825 g/mol. The first-order valence-corrected chi connectivity index (χ1v) is 20.5. The van der Waals surface area contributed by atoms with E-state index in [1.165, 1.54) is 12.1 Å². The molecule has 9 rings (SSSR count). The topological polar surface area (TPSA) is 121 Å². The third kappa shape index (κ3) is 6.85. The van der Waals surface area contributed by atoms with Crippen LogP contribution in [0.1, 0.15) is 70.1 Å². The van der Waals surface area contributed by atoms with Crippen LogP contribution in [0.25, 0.3) is 4.85 Å². The Bertz CT molecular complexity index is 2330. The summed E-state index contributed by atoms with van der Waals surface area (Å²) >= 11 is 6.36. The van der Waals surface area contributed by atoms with Gasteiger partial charge in [-0.2, -0.15) is 0 Å². The van der Waals surface area contributed by atoms with Gasteiger partial charge in [0.15, 0.2) is 0 Å². The van der Waals surface area contributed by atoms with Crippen LogP contribution in [0.2, 0.25) is 5.02 Å². The Morgan fingerprint density at radius 3 is 2.22 bits per heavy atom. The summed E-state index contributed by atoms with van der Waals surface area (Å²) in [5.41, 5.74) is 2.53. The summed E-state index contributed by atoms with van der Waals surface area (Å²) in [5, 5.41) is 2.62. The van der Waals surface area contributed by atoms with Crippen molar-refractivity contribution in [3.8, 4) is 0 Å². The van der Waals surface area contributed by atoms with Crippen molar-refractivity contribution in [2.45, 2.75) is 57.2 Å². The summed E-state index contributed by atoms with van der Waals surface area (Å²) in [6, 6.07) is 12.2. The van der Waals surface area contributed by atoms with Crippen LogP contribution in [-0.4, -0.2) is 121 Å². The van der Waals surface area contributed by atoms with Gasteiger partial charge in [-0.05, 0) is 80.5 Å². The monoisotopic (exact) mass is 824 g/mol. The highest BCUT2D eigenvalue weighted by atomic mass is 35.5. The van der Waals surface area contributed by atoms with Crippen molar-refractivity contribution in [1.29, 1.82) is 0 Å². The molecule has 13 nitrogen and oxygen atoms in total. The largest absolute Gasteiger partial charge is 0.371 e. The van der Waals surface area contributed by atoms with Crippen molar-refractivity contribution in [3.05, 3.63) is 93.3 Å². The van der Waals surface area contributed by atoms with Gasteiger partial charge in [-0.25, -0.2) is 13.6 Å². The number of hydrogen-bond acceptors (Lipinski definition) is 9. The Balaban J connectivity index is 0.764. The number of amides is 5. The smallest absolute Gasteiger partial charge is 0.262 e. The fraction of sp³-hybridized carbons (Fsp3) is 0.442. The maximum Gasteiger partial charge on any atom is 0.262 e. The highest BCUT2D eigenvalue weighted by molar-refractivity contribution is 6.33. The number of rotatable bonds is 6. The lowest BCUT2D eigenvalue weighted by atomic mass is 9.76. The number of nitrogens with one attached hydrogen (secondary N) is 1. The average Bonchev–Trinajstić information content (AvgIpc) is 3.65. The molecule has 5 amide bonds. The standard InChI is InChI=1S/C43H43ClF2N8O5/c1-25-21-43(24-53(25)27-4-6-35(47-2)32(44)17-27)9-11-49(12-10-43)26-3-5-29(33(45)18-26)40(57)51-15-13-50(14-16-51)28-22-52(23-28)37-20-31-30(19-34(37)46)41(58)54(42(31)59)36-7-8-38(55)48-39(36)56/h3-6,17-20,25,28,36H,7-16,21-24H2,1H3,(H,48,55,56)/t25-,36?/m0/s1. The lowest BCUT2D eigenvalue weighted by Crippen LogP contribution is -2.63. The van der Waals surface area contributed by atoms with Gasteiger partial charge in [0.25, 0.3) is 17.7 Å². The second kappa shape index (κ2) is 14.9. The molecule has 16 heteroatoms. The molecule has 0 bridgehead atoms. The molecule has 1 unspecified atom stereocenters. The number of carbonyl (C=O) groups excluding carboxylic acids is 5. The van der Waals surface area contributed by atoms with E-state index >= 15 is 8.78 Å². The first-order valence-electron chi connectivity index (χ1n) is 20.1. The molecule has 3 aromatic carbocycles. The Labute approximate surface area is 345 Å². The van der Waals surface area contributed by atoms with Crippen LogP contribution in [0.3, 0.4) is 0 Å². The van der Waals surface area contributed by atoms with Crippen LogP contribution in [0.4, 0.5) is 31.5 Å². The third-order valence-corrected chi connectivity index (χ3v) is 13.7. The molecular weight excluding hydrogens is 782 g/mol. The third-order valence-electron chi connectivity index (χ3n) is 13.3. The van der Waals surface area contributed by atoms with E-state index in [9.17, 15) is 24.0 Å². The highest BCUT2D eigenvalue weighted by Crippen LogP contribution is 2.46. The molecule has 0 aliphatic carbocycles. The van der Waals surface area contributed by atoms with Gasteiger partial charge in [-0.1, -0.05) is 17.7 Å². The second-order valence-electron chi connectivity index (χ2n) is 16.8. The molecule has 1 spiro atoms. The minimum absolute atomic E-state index is 0.00729. The zero-order valence-corrected chi connectivity index (χ0v) is 33.3. The van der Waals surface area contributed by atoms with E-state index in [4.69, 9.17) is 18.2 Å². The summed E-state index contributed by atoms with van der Waals surface area (Å²) < 4.78 is 31.0. The molecule has 6 aliphatic rings.